The SMILES string of the molecule is O=C(O)C1COC(=O)N1CC1CCSC1. The summed E-state index contributed by atoms with van der Waals surface area (Å²) < 4.78 is 4.75. The molecule has 6 heteroatoms. The Morgan fingerprint density at radius 3 is 3.07 bits per heavy atom. The van der Waals surface area contributed by atoms with Gasteiger partial charge in [-0.15, -0.1) is 0 Å². The zero-order valence-corrected chi connectivity index (χ0v) is 9.03. The monoisotopic (exact) mass is 231 g/mol. The smallest absolute Gasteiger partial charge is 0.410 e. The minimum atomic E-state index is -0.980. The van der Waals surface area contributed by atoms with E-state index in [0.29, 0.717) is 12.5 Å². The molecule has 2 aliphatic rings. The third-order valence-electron chi connectivity index (χ3n) is 2.74. The Morgan fingerprint density at radius 2 is 2.47 bits per heavy atom. The molecule has 15 heavy (non-hydrogen) atoms. The molecule has 0 bridgehead atoms. The van der Waals surface area contributed by atoms with Gasteiger partial charge in [-0.3, -0.25) is 4.90 Å². The predicted octanol–water partition coefficient (Wildman–Crippen LogP) is 0.645. The van der Waals surface area contributed by atoms with Crippen molar-refractivity contribution in [2.45, 2.75) is 12.5 Å². The molecule has 0 aromatic heterocycles. The number of carboxylic acids is 1. The Hall–Kier alpha value is -0.910. The molecule has 2 fully saturated rings. The molecule has 2 unspecified atom stereocenters. The molecule has 0 saturated carbocycles. The molecule has 2 aliphatic heterocycles. The molecule has 5 nitrogen and oxygen atoms in total. The van der Waals surface area contributed by atoms with E-state index in [0.717, 1.165) is 17.9 Å². The van der Waals surface area contributed by atoms with E-state index in [2.05, 4.69) is 0 Å². The van der Waals surface area contributed by atoms with Crippen LogP contribution in [0.25, 0.3) is 0 Å². The lowest BCUT2D eigenvalue weighted by molar-refractivity contribution is -0.141. The number of rotatable bonds is 3. The van der Waals surface area contributed by atoms with Crippen molar-refractivity contribution in [3.8, 4) is 0 Å². The number of carbonyl (C=O) groups is 2. The lowest BCUT2D eigenvalue weighted by Crippen LogP contribution is -2.42. The number of nitrogens with zero attached hydrogens (tertiary/aromatic N) is 1. The van der Waals surface area contributed by atoms with Crippen molar-refractivity contribution in [3.63, 3.8) is 0 Å². The molecular formula is C9H13NO4S. The molecule has 0 aliphatic carbocycles. The highest BCUT2D eigenvalue weighted by Crippen LogP contribution is 2.26. The number of ether oxygens (including phenoxy) is 1. The van der Waals surface area contributed by atoms with Crippen molar-refractivity contribution < 1.29 is 19.4 Å². The highest BCUT2D eigenvalue weighted by Gasteiger charge is 2.39. The second-order valence-electron chi connectivity index (χ2n) is 3.81. The Bertz CT molecular complexity index is 277. The van der Waals surface area contributed by atoms with Crippen molar-refractivity contribution in [2.75, 3.05) is 24.7 Å². The summed E-state index contributed by atoms with van der Waals surface area (Å²) in [4.78, 5) is 23.5. The third-order valence-corrected chi connectivity index (χ3v) is 3.97. The van der Waals surface area contributed by atoms with Crippen molar-refractivity contribution in [1.82, 2.24) is 4.90 Å². The summed E-state index contributed by atoms with van der Waals surface area (Å²) in [5.41, 5.74) is 0. The van der Waals surface area contributed by atoms with Crippen LogP contribution in [0.5, 0.6) is 0 Å². The normalized spacial score (nSPS) is 30.7. The van der Waals surface area contributed by atoms with Gasteiger partial charge in [0, 0.05) is 6.54 Å². The fourth-order valence-electron chi connectivity index (χ4n) is 1.86. The third kappa shape index (κ3) is 2.19. The summed E-state index contributed by atoms with van der Waals surface area (Å²) in [6, 6.07) is -0.789. The predicted molar refractivity (Wildman–Crippen MR) is 54.9 cm³/mol. The zero-order valence-electron chi connectivity index (χ0n) is 8.22. The maximum absolute atomic E-state index is 11.3. The average Bonchev–Trinajstić information content (AvgIpc) is 2.78. The second kappa shape index (κ2) is 4.30. The quantitative estimate of drug-likeness (QED) is 0.772. The first-order chi connectivity index (χ1) is 7.18. The Labute approximate surface area is 91.8 Å². The standard InChI is InChI=1S/C9H13NO4S/c11-8(12)7-4-14-9(13)10(7)3-6-1-2-15-5-6/h6-7H,1-5H2,(H,11,12). The van der Waals surface area contributed by atoms with Gasteiger partial charge in [0.15, 0.2) is 6.04 Å². The van der Waals surface area contributed by atoms with Crippen LogP contribution in [0.3, 0.4) is 0 Å². The number of hydrogen-bond donors (Lipinski definition) is 1. The van der Waals surface area contributed by atoms with Crippen LogP contribution in [-0.2, 0) is 9.53 Å². The molecule has 2 atom stereocenters. The van der Waals surface area contributed by atoms with E-state index in [1.807, 2.05) is 11.8 Å². The summed E-state index contributed by atoms with van der Waals surface area (Å²) in [5.74, 6) is 1.55. The highest BCUT2D eigenvalue weighted by molar-refractivity contribution is 7.99. The van der Waals surface area contributed by atoms with Crippen LogP contribution < -0.4 is 0 Å². The van der Waals surface area contributed by atoms with Crippen LogP contribution >= 0.6 is 11.8 Å². The second-order valence-corrected chi connectivity index (χ2v) is 4.96. The summed E-state index contributed by atoms with van der Waals surface area (Å²) >= 11 is 1.85. The number of aliphatic carboxylic acids is 1. The van der Waals surface area contributed by atoms with E-state index in [1.54, 1.807) is 0 Å². The summed E-state index contributed by atoms with van der Waals surface area (Å²) in [6.45, 7) is 0.497. The molecule has 0 aromatic carbocycles. The number of carboxylic acid groups (broad SMARTS) is 1. The van der Waals surface area contributed by atoms with Gasteiger partial charge < -0.3 is 9.84 Å². The van der Waals surface area contributed by atoms with Gasteiger partial charge in [-0.25, -0.2) is 9.59 Å². The van der Waals surface area contributed by atoms with Crippen LogP contribution in [0.15, 0.2) is 0 Å². The lowest BCUT2D eigenvalue weighted by atomic mass is 10.1. The Morgan fingerprint density at radius 1 is 1.67 bits per heavy atom. The van der Waals surface area contributed by atoms with Crippen LogP contribution in [0.1, 0.15) is 6.42 Å². The van der Waals surface area contributed by atoms with Crippen molar-refractivity contribution >= 4 is 23.8 Å². The van der Waals surface area contributed by atoms with Crippen LogP contribution in [0.4, 0.5) is 4.79 Å². The molecule has 2 rings (SSSR count). The molecule has 2 saturated heterocycles. The number of thioether (sulfide) groups is 1. The number of hydrogen-bond acceptors (Lipinski definition) is 4. The van der Waals surface area contributed by atoms with Gasteiger partial charge in [-0.1, -0.05) is 0 Å². The zero-order chi connectivity index (χ0) is 10.8. The lowest BCUT2D eigenvalue weighted by Gasteiger charge is -2.21. The first-order valence-corrected chi connectivity index (χ1v) is 6.08. The maximum Gasteiger partial charge on any atom is 0.410 e. The first-order valence-electron chi connectivity index (χ1n) is 4.92. The Kier molecular flexibility index (Phi) is 3.04. The van der Waals surface area contributed by atoms with Gasteiger partial charge in [-0.05, 0) is 23.8 Å². The van der Waals surface area contributed by atoms with Crippen LogP contribution in [-0.4, -0.2) is 52.8 Å². The van der Waals surface area contributed by atoms with Crippen molar-refractivity contribution in [3.05, 3.63) is 0 Å². The molecule has 0 spiro atoms. The van der Waals surface area contributed by atoms with Gasteiger partial charge in [0.05, 0.1) is 0 Å². The number of carbonyl (C=O) groups excluding carboxylic acids is 1. The summed E-state index contributed by atoms with van der Waals surface area (Å²) in [6.07, 6.45) is 0.570. The average molecular weight is 231 g/mol. The molecule has 1 amide bonds. The van der Waals surface area contributed by atoms with E-state index in [9.17, 15) is 9.59 Å². The van der Waals surface area contributed by atoms with E-state index < -0.39 is 18.1 Å². The maximum atomic E-state index is 11.3. The van der Waals surface area contributed by atoms with Gasteiger partial charge in [0.1, 0.15) is 6.61 Å². The van der Waals surface area contributed by atoms with Gasteiger partial charge in [-0.2, -0.15) is 11.8 Å². The Balaban J connectivity index is 1.97. The summed E-state index contributed by atoms with van der Waals surface area (Å²) in [5, 5.41) is 8.90. The fraction of sp³-hybridized carbons (Fsp3) is 0.778. The molecule has 84 valence electrons. The van der Waals surface area contributed by atoms with E-state index in [-0.39, 0.29) is 6.61 Å². The van der Waals surface area contributed by atoms with Crippen LogP contribution in [0.2, 0.25) is 0 Å². The van der Waals surface area contributed by atoms with E-state index in [4.69, 9.17) is 9.84 Å². The number of amides is 1. The van der Waals surface area contributed by atoms with E-state index >= 15 is 0 Å². The van der Waals surface area contributed by atoms with Gasteiger partial charge >= 0.3 is 12.1 Å². The fourth-order valence-corrected chi connectivity index (χ4v) is 3.13. The molecule has 0 aromatic rings. The summed E-state index contributed by atoms with van der Waals surface area (Å²) in [7, 11) is 0. The van der Waals surface area contributed by atoms with Gasteiger partial charge in [0.2, 0.25) is 0 Å². The largest absolute Gasteiger partial charge is 0.480 e. The van der Waals surface area contributed by atoms with Gasteiger partial charge in [0.25, 0.3) is 0 Å². The number of cyclic esters (lactones) is 1. The van der Waals surface area contributed by atoms with Crippen LogP contribution in [0, 0.1) is 5.92 Å². The molecule has 0 radical (unpaired) electrons. The molecule has 1 N–H and O–H groups in total. The molecular weight excluding hydrogens is 218 g/mol. The first kappa shape index (κ1) is 10.6. The highest BCUT2D eigenvalue weighted by atomic mass is 32.2. The van der Waals surface area contributed by atoms with Crippen molar-refractivity contribution in [1.29, 1.82) is 0 Å². The minimum Gasteiger partial charge on any atom is -0.480 e. The molecule has 2 heterocycles. The minimum absolute atomic E-state index is 0.0198. The topological polar surface area (TPSA) is 66.8 Å². The van der Waals surface area contributed by atoms with E-state index in [1.165, 1.54) is 4.90 Å². The van der Waals surface area contributed by atoms with Crippen molar-refractivity contribution in [2.24, 2.45) is 5.92 Å².